The summed E-state index contributed by atoms with van der Waals surface area (Å²) in [5.74, 6) is -0.859. The van der Waals surface area contributed by atoms with Gasteiger partial charge in [-0.05, 0) is 89.7 Å². The summed E-state index contributed by atoms with van der Waals surface area (Å²) >= 11 is 6.47. The number of nitrogens with one attached hydrogen (secondary N) is 2. The van der Waals surface area contributed by atoms with Crippen molar-refractivity contribution in [1.82, 2.24) is 19.6 Å². The Hall–Kier alpha value is -3.41. The largest absolute Gasteiger partial charge is 0.461 e. The topological polar surface area (TPSA) is 131 Å². The third-order valence-corrected chi connectivity index (χ3v) is 10.5. The number of carbonyl (C=O) groups is 4. The molecule has 3 heterocycles. The molecular weight excluding hydrogens is 641 g/mol. The number of rotatable bonds is 9. The summed E-state index contributed by atoms with van der Waals surface area (Å²) in [7, 11) is 0. The summed E-state index contributed by atoms with van der Waals surface area (Å²) in [5, 5.41) is 5.81. The van der Waals surface area contributed by atoms with Crippen LogP contribution in [0.25, 0.3) is 5.65 Å². The number of hydrogen-bond acceptors (Lipinski definition) is 7. The van der Waals surface area contributed by atoms with Crippen LogP contribution < -0.4 is 10.6 Å². The minimum absolute atomic E-state index is 0.0000908. The fourth-order valence-electron chi connectivity index (χ4n) is 7.84. The van der Waals surface area contributed by atoms with Gasteiger partial charge >= 0.3 is 12.1 Å². The van der Waals surface area contributed by atoms with Gasteiger partial charge in [0.15, 0.2) is 5.69 Å². The van der Waals surface area contributed by atoms with Crippen molar-refractivity contribution in [3.8, 4) is 0 Å². The lowest BCUT2D eigenvalue weighted by molar-refractivity contribution is -0.142. The van der Waals surface area contributed by atoms with Crippen LogP contribution in [0.1, 0.15) is 102 Å². The second-order valence-corrected chi connectivity index (χ2v) is 14.8. The number of amides is 3. The summed E-state index contributed by atoms with van der Waals surface area (Å²) < 4.78 is 25.9. The van der Waals surface area contributed by atoms with Gasteiger partial charge in [-0.2, -0.15) is 0 Å². The van der Waals surface area contributed by atoms with E-state index in [-0.39, 0.29) is 47.0 Å². The van der Waals surface area contributed by atoms with Crippen molar-refractivity contribution in [2.75, 3.05) is 25.1 Å². The van der Waals surface area contributed by atoms with Gasteiger partial charge in [0.25, 0.3) is 0 Å². The van der Waals surface area contributed by atoms with E-state index in [1.165, 1.54) is 10.8 Å². The van der Waals surface area contributed by atoms with Gasteiger partial charge in [-0.3, -0.25) is 14.0 Å². The number of halogens is 2. The molecule has 13 heteroatoms. The third kappa shape index (κ3) is 8.23. The third-order valence-electron chi connectivity index (χ3n) is 10.1. The van der Waals surface area contributed by atoms with Gasteiger partial charge in [0.05, 0.1) is 18.3 Å². The maximum absolute atomic E-state index is 14.1. The van der Waals surface area contributed by atoms with E-state index in [1.54, 1.807) is 50.9 Å². The molecule has 3 aliphatic rings. The average Bonchev–Trinajstić information content (AvgIpc) is 3.65. The van der Waals surface area contributed by atoms with E-state index < -0.39 is 36.4 Å². The van der Waals surface area contributed by atoms with Gasteiger partial charge in [-0.25, -0.2) is 19.0 Å². The molecule has 0 unspecified atom stereocenters. The van der Waals surface area contributed by atoms with E-state index in [9.17, 15) is 23.6 Å². The molecule has 264 valence electrons. The number of nitrogens with zero attached hydrogens (tertiary/aromatic N) is 3. The molecule has 5 rings (SSSR count). The Kier molecular flexibility index (Phi) is 11.5. The highest BCUT2D eigenvalue weighted by atomic mass is 35.5. The number of ether oxygens (including phenoxy) is 2. The molecule has 3 fully saturated rings. The first-order valence-electron chi connectivity index (χ1n) is 17.4. The van der Waals surface area contributed by atoms with E-state index >= 15 is 0 Å². The number of esters is 1. The normalized spacial score (nSPS) is 24.2. The predicted molar refractivity (Wildman–Crippen MR) is 180 cm³/mol. The number of imidazole rings is 1. The second kappa shape index (κ2) is 15.4. The van der Waals surface area contributed by atoms with Crippen LogP contribution in [0.4, 0.5) is 14.9 Å². The molecule has 1 aliphatic heterocycles. The highest BCUT2D eigenvalue weighted by molar-refractivity contribution is 6.32. The van der Waals surface area contributed by atoms with Crippen LogP contribution in [0.3, 0.4) is 0 Å². The van der Waals surface area contributed by atoms with Crippen LogP contribution in [0.5, 0.6) is 0 Å². The molecule has 1 saturated heterocycles. The number of likely N-dealkylation sites (tertiary alicyclic amines) is 1. The van der Waals surface area contributed by atoms with E-state index in [2.05, 4.69) is 15.6 Å². The molecule has 2 aromatic rings. The van der Waals surface area contributed by atoms with Crippen LogP contribution in [-0.4, -0.2) is 75.7 Å². The molecule has 2 saturated carbocycles. The first kappa shape index (κ1) is 35.9. The Balaban J connectivity index is 1.29. The summed E-state index contributed by atoms with van der Waals surface area (Å²) in [6, 6.07) is 2.08. The summed E-state index contributed by atoms with van der Waals surface area (Å²) in [6.45, 7) is 6.97. The predicted octanol–water partition coefficient (Wildman–Crippen LogP) is 6.57. The first-order valence-corrected chi connectivity index (χ1v) is 17.8. The first-order chi connectivity index (χ1) is 22.9. The quantitative estimate of drug-likeness (QED) is 0.285. The molecule has 11 nitrogen and oxygen atoms in total. The Bertz CT molecular complexity index is 1480. The molecule has 0 aromatic carbocycles. The zero-order valence-corrected chi connectivity index (χ0v) is 29.2. The molecule has 0 bridgehead atoms. The molecule has 0 radical (unpaired) electrons. The van der Waals surface area contributed by atoms with Crippen molar-refractivity contribution in [2.24, 2.45) is 23.7 Å². The number of fused-ring (bicyclic) bond motifs is 1. The van der Waals surface area contributed by atoms with Crippen molar-refractivity contribution < 1.29 is 33.0 Å². The van der Waals surface area contributed by atoms with Crippen molar-refractivity contribution in [1.29, 1.82) is 0 Å². The van der Waals surface area contributed by atoms with Crippen LogP contribution in [0.2, 0.25) is 5.15 Å². The molecule has 2 aliphatic carbocycles. The number of carbonyl (C=O) groups excluding carboxylic acids is 4. The lowest BCUT2D eigenvalue weighted by Crippen LogP contribution is -2.50. The molecule has 3 atom stereocenters. The van der Waals surface area contributed by atoms with E-state index in [0.29, 0.717) is 49.5 Å². The lowest BCUT2D eigenvalue weighted by atomic mass is 9.76. The Morgan fingerprint density at radius 1 is 1.04 bits per heavy atom. The molecule has 48 heavy (non-hydrogen) atoms. The number of alkyl halides is 1. The standard InChI is InChI=1S/C35H49ClFN5O6/c1-5-47-33(45)28-30(36)42-20-24(15-16-27(42)40-28)38-31(43)29-25(21-9-7-6-8-10-21)17-18-41(29)32(44)23-13-11-22(12-14-23)26(19-37)39-34(46)48-35(2,3)4/h15-16,20-23,25-26,29H,5-14,17-19H2,1-4H3,(H,38,43)(H,39,46)/t22-,23-,25-,26+,29-/m0/s1. The van der Waals surface area contributed by atoms with E-state index in [1.807, 2.05) is 0 Å². The fraction of sp³-hybridized carbons (Fsp3) is 0.686. The van der Waals surface area contributed by atoms with Crippen molar-refractivity contribution in [2.45, 2.75) is 110 Å². The Labute approximate surface area is 286 Å². The van der Waals surface area contributed by atoms with Gasteiger partial charge in [-0.15, -0.1) is 0 Å². The summed E-state index contributed by atoms with van der Waals surface area (Å²) in [5.41, 5.74) is 0.223. The second-order valence-electron chi connectivity index (χ2n) is 14.5. The van der Waals surface area contributed by atoms with Crippen LogP contribution in [0, 0.1) is 23.7 Å². The highest BCUT2D eigenvalue weighted by Gasteiger charge is 2.47. The van der Waals surface area contributed by atoms with E-state index in [0.717, 1.165) is 32.1 Å². The number of alkyl carbamates (subject to hydrolysis) is 1. The van der Waals surface area contributed by atoms with Gasteiger partial charge in [0, 0.05) is 18.7 Å². The monoisotopic (exact) mass is 689 g/mol. The Morgan fingerprint density at radius 3 is 2.40 bits per heavy atom. The highest BCUT2D eigenvalue weighted by Crippen LogP contribution is 2.41. The van der Waals surface area contributed by atoms with Crippen molar-refractivity contribution in [3.05, 3.63) is 29.2 Å². The van der Waals surface area contributed by atoms with Gasteiger partial charge < -0.3 is 25.0 Å². The fourth-order valence-corrected chi connectivity index (χ4v) is 8.09. The van der Waals surface area contributed by atoms with Gasteiger partial charge in [0.2, 0.25) is 11.8 Å². The smallest absolute Gasteiger partial charge is 0.407 e. The van der Waals surface area contributed by atoms with Crippen molar-refractivity contribution in [3.63, 3.8) is 0 Å². The molecule has 3 amide bonds. The van der Waals surface area contributed by atoms with Crippen molar-refractivity contribution >= 4 is 46.8 Å². The SMILES string of the molecule is CCOC(=O)c1nc2ccc(NC(=O)[C@@H]3[C@H](C4CCCCC4)CCN3C(=O)[C@H]3CC[C@H]([C@@H](CF)NC(=O)OC(C)(C)C)CC3)cn2c1Cl. The number of hydrogen-bond donors (Lipinski definition) is 2. The summed E-state index contributed by atoms with van der Waals surface area (Å²) in [4.78, 5) is 59.0. The van der Waals surface area contributed by atoms with E-state index in [4.69, 9.17) is 21.1 Å². The average molecular weight is 690 g/mol. The zero-order chi connectivity index (χ0) is 34.6. The lowest BCUT2D eigenvalue weighted by Gasteiger charge is -2.37. The minimum Gasteiger partial charge on any atom is -0.461 e. The number of pyridine rings is 1. The number of anilines is 1. The maximum Gasteiger partial charge on any atom is 0.407 e. The molecular formula is C35H49ClFN5O6. The van der Waals surface area contributed by atoms with Gasteiger partial charge in [0.1, 0.15) is 29.1 Å². The Morgan fingerprint density at radius 2 is 1.75 bits per heavy atom. The minimum atomic E-state index is -0.708. The van der Waals surface area contributed by atoms with Crippen LogP contribution >= 0.6 is 11.6 Å². The maximum atomic E-state index is 14.1. The summed E-state index contributed by atoms with van der Waals surface area (Å²) in [6.07, 6.45) is 9.59. The number of aromatic nitrogens is 2. The zero-order valence-electron chi connectivity index (χ0n) is 28.4. The van der Waals surface area contributed by atoms with Gasteiger partial charge in [-0.1, -0.05) is 43.7 Å². The molecule has 2 N–H and O–H groups in total. The van der Waals surface area contributed by atoms with Crippen LogP contribution in [0.15, 0.2) is 18.3 Å². The molecule has 2 aromatic heterocycles. The molecule has 0 spiro atoms. The van der Waals surface area contributed by atoms with Crippen LogP contribution in [-0.2, 0) is 19.1 Å².